The first kappa shape index (κ1) is 38.8. The number of non-ortho nitro benzene ring substituents is 1. The van der Waals surface area contributed by atoms with Gasteiger partial charge in [-0.1, -0.05) is 56.3 Å². The third-order valence-corrected chi connectivity index (χ3v) is 12.2. The van der Waals surface area contributed by atoms with Crippen LogP contribution in [0.3, 0.4) is 0 Å². The number of nitro benzene ring substituents is 1. The zero-order valence-electron chi connectivity index (χ0n) is 30.1. The smallest absolute Gasteiger partial charge is 0.375 e. The van der Waals surface area contributed by atoms with Crippen LogP contribution in [0.5, 0.6) is 0 Å². The van der Waals surface area contributed by atoms with Crippen LogP contribution in [0.25, 0.3) is 0 Å². The number of carbonyl (C=O) groups excluding carboxylic acids is 7. The third kappa shape index (κ3) is 7.09. The van der Waals surface area contributed by atoms with Gasteiger partial charge in [-0.3, -0.25) is 39.1 Å². The Bertz CT molecular complexity index is 2160. The second-order valence-corrected chi connectivity index (χ2v) is 15.3. The summed E-state index contributed by atoms with van der Waals surface area (Å²) in [5.41, 5.74) is 0.589. The lowest BCUT2D eigenvalue weighted by molar-refractivity contribution is -0.585. The number of ether oxygens (including phenoxy) is 1. The second kappa shape index (κ2) is 15.6. The molecule has 4 fully saturated rings. The maximum atomic E-state index is 14.2. The molecule has 4 aliphatic heterocycles. The van der Waals surface area contributed by atoms with Crippen LogP contribution in [0.2, 0.25) is 0 Å². The van der Waals surface area contributed by atoms with Gasteiger partial charge in [-0.25, -0.2) is 14.4 Å². The average Bonchev–Trinajstić information content (AvgIpc) is 3.98. The Morgan fingerprint density at radius 1 is 1.04 bits per heavy atom. The third-order valence-electron chi connectivity index (χ3n) is 9.89. The number of fused-ring (bicyclic) bond motifs is 1. The summed E-state index contributed by atoms with van der Waals surface area (Å²) in [6, 6.07) is 9.22. The normalized spacial score (nSPS) is 22.2. The summed E-state index contributed by atoms with van der Waals surface area (Å²) in [5, 5.41) is 21.0. The summed E-state index contributed by atoms with van der Waals surface area (Å²) in [6.07, 6.45) is 1.42. The highest BCUT2D eigenvalue weighted by molar-refractivity contribution is 8.02. The largest absolute Gasteiger partial charge is 0.458 e. The lowest BCUT2D eigenvalue weighted by Crippen LogP contribution is -2.68. The molecule has 21 nitrogen and oxygen atoms in total. The van der Waals surface area contributed by atoms with Gasteiger partial charge in [0.15, 0.2) is 6.72 Å². The van der Waals surface area contributed by atoms with Crippen LogP contribution in [0.15, 0.2) is 60.8 Å². The van der Waals surface area contributed by atoms with E-state index in [-0.39, 0.29) is 51.6 Å². The van der Waals surface area contributed by atoms with Crippen LogP contribution >= 0.6 is 23.3 Å². The number of rotatable bonds is 12. The summed E-state index contributed by atoms with van der Waals surface area (Å²) in [7, 11) is 0. The topological polar surface area (TPSA) is 241 Å². The average molecular weight is 821 g/mol. The highest BCUT2D eigenvalue weighted by Crippen LogP contribution is 2.50. The Morgan fingerprint density at radius 3 is 2.44 bits per heavy atom. The molecule has 2 aromatic carbocycles. The van der Waals surface area contributed by atoms with E-state index in [1.807, 2.05) is 0 Å². The minimum Gasteiger partial charge on any atom is -0.458 e. The van der Waals surface area contributed by atoms with E-state index in [0.29, 0.717) is 16.1 Å². The molecule has 0 aliphatic carbocycles. The number of hydrogen-bond acceptors (Lipinski definition) is 14. The van der Waals surface area contributed by atoms with E-state index in [1.165, 1.54) is 54.9 Å². The van der Waals surface area contributed by atoms with E-state index >= 15 is 0 Å². The maximum absolute atomic E-state index is 14.2. The first-order valence-corrected chi connectivity index (χ1v) is 19.1. The molecule has 2 N–H and O–H groups in total. The molecule has 0 bridgehead atoms. The zero-order valence-corrected chi connectivity index (χ0v) is 31.7. The number of hydrogen-bond donors (Lipinski definition) is 2. The molecule has 4 aliphatic rings. The molecule has 4 saturated heterocycles. The molecule has 1 unspecified atom stereocenters. The summed E-state index contributed by atoms with van der Waals surface area (Å²) in [6.45, 7) is 5.44. The first-order valence-electron chi connectivity index (χ1n) is 17.5. The molecular formula is C34H34N11O10S2+. The van der Waals surface area contributed by atoms with E-state index < -0.39 is 68.9 Å². The molecule has 5 heterocycles. The van der Waals surface area contributed by atoms with Gasteiger partial charge in [-0.2, -0.15) is 0 Å². The van der Waals surface area contributed by atoms with Crippen LogP contribution < -0.4 is 10.6 Å². The van der Waals surface area contributed by atoms with Crippen LogP contribution in [0.4, 0.5) is 20.3 Å². The van der Waals surface area contributed by atoms with Crippen LogP contribution in [-0.2, 0) is 35.3 Å². The lowest BCUT2D eigenvalue weighted by atomic mass is 10.0. The SMILES string of the molecule is C=[N+](c1cnns1)N1CCN([C@]2(C(=O)OCc3ccc([N+](=O)[O-])cc3)CN3C(=O)[C@@H](NC(=O)C(NC(=O)N4CCN(CC)C(=O)C4=O)c4ccccc4)[C@H]3S2)C1=O. The predicted octanol–water partition coefficient (Wildman–Crippen LogP) is 0.425. The number of hydrazone groups is 1. The van der Waals surface area contributed by atoms with Gasteiger partial charge in [0.25, 0.3) is 5.69 Å². The standard InChI is InChI=1S/C34H33N11O10S2/c1-3-40-13-14-41(29(49)28(40)48)32(51)37-24(21-7-5-4-6-8-21)26(46)36-25-27(47)42-19-34(56-30(25)42,31(50)55-18-20-9-11-22(12-10-20)45(53)54)43-15-16-44(33(43)52)39(2)23-17-35-38-57-23/h4-12,17,24-25,30H,2-3,13-16,18-19H2,1H3,(H-,36,37,46,51)/p+1/t24?,25-,30-,34-/m1/s1. The van der Waals surface area contributed by atoms with Gasteiger partial charge < -0.3 is 25.2 Å². The zero-order chi connectivity index (χ0) is 40.6. The van der Waals surface area contributed by atoms with E-state index in [1.54, 1.807) is 37.3 Å². The molecule has 1 aromatic heterocycles. The lowest BCUT2D eigenvalue weighted by Gasteiger charge is -2.41. The number of likely N-dealkylation sites (N-methyl/N-ethyl adjacent to an activating group) is 1. The van der Waals surface area contributed by atoms with Gasteiger partial charge in [-0.05, 0) is 30.2 Å². The van der Waals surface area contributed by atoms with Gasteiger partial charge in [0.2, 0.25) is 16.7 Å². The fourth-order valence-corrected chi connectivity index (χ4v) is 8.96. The highest BCUT2D eigenvalue weighted by atomic mass is 32.2. The number of piperazine rings is 1. The Balaban J connectivity index is 1.11. The maximum Gasteiger partial charge on any atom is 0.375 e. The van der Waals surface area contributed by atoms with Gasteiger partial charge in [0, 0.05) is 38.3 Å². The molecular weight excluding hydrogens is 787 g/mol. The van der Waals surface area contributed by atoms with Gasteiger partial charge >= 0.3 is 34.8 Å². The Hall–Kier alpha value is -6.49. The number of aromatic nitrogens is 2. The number of nitrogens with zero attached hydrogens (tertiary/aromatic N) is 9. The van der Waals surface area contributed by atoms with Crippen molar-refractivity contribution >= 4 is 82.4 Å². The fraction of sp³-hybridized carbons (Fsp3) is 0.353. The minimum atomic E-state index is -1.81. The van der Waals surface area contributed by atoms with Crippen molar-refractivity contribution in [2.45, 2.75) is 35.9 Å². The Labute approximate surface area is 331 Å². The number of nitro groups is 1. The van der Waals surface area contributed by atoms with Crippen LogP contribution in [0.1, 0.15) is 24.1 Å². The van der Waals surface area contributed by atoms with Crippen LogP contribution in [0, 0.1) is 10.1 Å². The van der Waals surface area contributed by atoms with Gasteiger partial charge in [0.05, 0.1) is 23.0 Å². The molecule has 0 saturated carbocycles. The molecule has 0 radical (unpaired) electrons. The number of nitrogens with one attached hydrogen (secondary N) is 2. The number of amides is 8. The van der Waals surface area contributed by atoms with Crippen molar-refractivity contribution < 1.29 is 47.9 Å². The molecule has 57 heavy (non-hydrogen) atoms. The molecule has 296 valence electrons. The summed E-state index contributed by atoms with van der Waals surface area (Å²) >= 11 is 1.93. The summed E-state index contributed by atoms with van der Waals surface area (Å²) in [4.78, 5) is 108. The first-order chi connectivity index (χ1) is 27.3. The van der Waals surface area contributed by atoms with Gasteiger partial charge in [0.1, 0.15) is 36.8 Å². The van der Waals surface area contributed by atoms with Crippen molar-refractivity contribution in [1.82, 2.24) is 44.8 Å². The van der Waals surface area contributed by atoms with Crippen LogP contribution in [-0.4, -0.2) is 148 Å². The molecule has 7 rings (SSSR count). The number of benzene rings is 2. The monoisotopic (exact) mass is 820 g/mol. The number of β-lactam (4-membered cyclic amide) rings is 1. The number of imide groups is 1. The molecule has 23 heteroatoms. The Kier molecular flexibility index (Phi) is 10.6. The van der Waals surface area contributed by atoms with E-state index in [2.05, 4.69) is 26.9 Å². The van der Waals surface area contributed by atoms with Crippen molar-refractivity contribution in [2.75, 3.05) is 39.3 Å². The minimum absolute atomic E-state index is 0.0122. The number of thioether (sulfide) groups is 1. The van der Waals surface area contributed by atoms with Crippen molar-refractivity contribution in [1.29, 1.82) is 0 Å². The molecule has 8 amide bonds. The predicted molar refractivity (Wildman–Crippen MR) is 198 cm³/mol. The van der Waals surface area contributed by atoms with Crippen molar-refractivity contribution in [3.8, 4) is 0 Å². The second-order valence-electron chi connectivity index (χ2n) is 13.1. The Morgan fingerprint density at radius 2 is 1.77 bits per heavy atom. The van der Waals surface area contributed by atoms with E-state index in [9.17, 15) is 43.7 Å². The quantitative estimate of drug-likeness (QED) is 0.0480. The number of esters is 1. The van der Waals surface area contributed by atoms with Crippen molar-refractivity contribution in [2.24, 2.45) is 0 Å². The summed E-state index contributed by atoms with van der Waals surface area (Å²) < 4.78 is 10.8. The van der Waals surface area contributed by atoms with E-state index in [0.717, 1.165) is 28.2 Å². The number of carbonyl (C=O) groups is 7. The fourth-order valence-electron chi connectivity index (χ4n) is 6.80. The van der Waals surface area contributed by atoms with Crippen molar-refractivity contribution in [3.63, 3.8) is 0 Å². The van der Waals surface area contributed by atoms with Crippen molar-refractivity contribution in [3.05, 3.63) is 82.0 Å². The molecule has 4 atom stereocenters. The molecule has 0 spiro atoms. The summed E-state index contributed by atoms with van der Waals surface area (Å²) in [5.74, 6) is -4.15. The number of urea groups is 2. The number of hydrazine groups is 1. The molecule has 3 aromatic rings. The van der Waals surface area contributed by atoms with E-state index in [4.69, 9.17) is 4.74 Å². The highest BCUT2D eigenvalue weighted by Gasteiger charge is 2.67. The van der Waals surface area contributed by atoms with Gasteiger partial charge in [-0.15, -0.1) is 5.10 Å².